The smallest absolute Gasteiger partial charge is 0.261 e. The van der Waals surface area contributed by atoms with Gasteiger partial charge >= 0.3 is 0 Å². The topological polar surface area (TPSA) is 103 Å². The standard InChI is InChI=1S/C21H27N3O5S/c1-15-22-21(23-29-15)16-7-9-19(10-8-16)28-13-20(25)24(17-5-3-2-4-6-17)18-11-12-30(26,27)14-18/h7-10,17-18H,2-6,11-14H2,1H3. The highest BCUT2D eigenvalue weighted by Crippen LogP contribution is 2.29. The van der Waals surface area contributed by atoms with Crippen molar-refractivity contribution in [2.24, 2.45) is 0 Å². The molecule has 2 heterocycles. The van der Waals surface area contributed by atoms with Gasteiger partial charge in [-0.05, 0) is 43.5 Å². The van der Waals surface area contributed by atoms with E-state index >= 15 is 0 Å². The van der Waals surface area contributed by atoms with E-state index < -0.39 is 9.84 Å². The van der Waals surface area contributed by atoms with Gasteiger partial charge in [0.1, 0.15) is 5.75 Å². The summed E-state index contributed by atoms with van der Waals surface area (Å²) in [7, 11) is -3.06. The number of aromatic nitrogens is 2. The van der Waals surface area contributed by atoms with E-state index in [0.29, 0.717) is 23.9 Å². The SMILES string of the molecule is Cc1nc(-c2ccc(OCC(=O)N(C3CCCCC3)C3CCS(=O)(=O)C3)cc2)no1. The zero-order valence-electron chi connectivity index (χ0n) is 17.1. The first kappa shape index (κ1) is 20.8. The number of rotatable bonds is 6. The average molecular weight is 434 g/mol. The van der Waals surface area contributed by atoms with E-state index in [9.17, 15) is 13.2 Å². The van der Waals surface area contributed by atoms with Crippen LogP contribution in [-0.2, 0) is 14.6 Å². The average Bonchev–Trinajstić information content (AvgIpc) is 3.33. The minimum absolute atomic E-state index is 0.0635. The molecule has 0 N–H and O–H groups in total. The molecule has 2 aromatic rings. The van der Waals surface area contributed by atoms with Crippen LogP contribution < -0.4 is 4.74 Å². The molecule has 4 rings (SSSR count). The fourth-order valence-corrected chi connectivity index (χ4v) is 6.11. The molecule has 162 valence electrons. The van der Waals surface area contributed by atoms with Crippen molar-refractivity contribution >= 4 is 15.7 Å². The zero-order chi connectivity index (χ0) is 21.1. The minimum atomic E-state index is -3.06. The Bertz CT molecular complexity index is 980. The van der Waals surface area contributed by atoms with E-state index in [2.05, 4.69) is 10.1 Å². The van der Waals surface area contributed by atoms with Gasteiger partial charge in [0.15, 0.2) is 16.4 Å². The lowest BCUT2D eigenvalue weighted by Gasteiger charge is -2.38. The van der Waals surface area contributed by atoms with Crippen LogP contribution in [0.4, 0.5) is 0 Å². The quantitative estimate of drug-likeness (QED) is 0.690. The number of amides is 1. The summed E-state index contributed by atoms with van der Waals surface area (Å²) >= 11 is 0. The number of carbonyl (C=O) groups excluding carboxylic acids is 1. The van der Waals surface area contributed by atoms with Crippen LogP contribution in [0.1, 0.15) is 44.4 Å². The van der Waals surface area contributed by atoms with Crippen LogP contribution in [0.15, 0.2) is 28.8 Å². The van der Waals surface area contributed by atoms with Crippen LogP contribution in [0.5, 0.6) is 5.75 Å². The second-order valence-corrected chi connectivity index (χ2v) is 10.3. The number of hydrogen-bond acceptors (Lipinski definition) is 7. The molecule has 1 aliphatic heterocycles. The normalized spacial score (nSPS) is 21.4. The molecular weight excluding hydrogens is 406 g/mol. The van der Waals surface area contributed by atoms with Crippen molar-refractivity contribution < 1.29 is 22.5 Å². The number of hydrogen-bond donors (Lipinski definition) is 0. The van der Waals surface area contributed by atoms with Crippen LogP contribution in [0.25, 0.3) is 11.4 Å². The van der Waals surface area contributed by atoms with Crippen molar-refractivity contribution in [3.63, 3.8) is 0 Å². The van der Waals surface area contributed by atoms with Crippen LogP contribution in [-0.4, -0.2) is 59.6 Å². The summed E-state index contributed by atoms with van der Waals surface area (Å²) in [6.45, 7) is 1.63. The lowest BCUT2D eigenvalue weighted by molar-refractivity contribution is -0.138. The van der Waals surface area contributed by atoms with Crippen molar-refractivity contribution in [3.8, 4) is 17.1 Å². The molecule has 1 saturated heterocycles. The Hall–Kier alpha value is -2.42. The third-order valence-electron chi connectivity index (χ3n) is 5.86. The molecule has 1 atom stereocenters. The highest BCUT2D eigenvalue weighted by molar-refractivity contribution is 7.91. The van der Waals surface area contributed by atoms with Crippen molar-refractivity contribution in [1.82, 2.24) is 15.0 Å². The molecule has 1 aromatic heterocycles. The Morgan fingerprint density at radius 3 is 2.47 bits per heavy atom. The zero-order valence-corrected chi connectivity index (χ0v) is 17.9. The second kappa shape index (κ2) is 8.75. The molecule has 1 saturated carbocycles. The number of aryl methyl sites for hydroxylation is 1. The summed E-state index contributed by atoms with van der Waals surface area (Å²) in [6, 6.07) is 7.02. The Kier molecular flexibility index (Phi) is 6.08. The van der Waals surface area contributed by atoms with E-state index in [1.165, 1.54) is 6.42 Å². The van der Waals surface area contributed by atoms with E-state index in [1.54, 1.807) is 19.1 Å². The number of carbonyl (C=O) groups is 1. The highest BCUT2D eigenvalue weighted by atomic mass is 32.2. The molecule has 8 nitrogen and oxygen atoms in total. The molecule has 0 radical (unpaired) electrons. The fourth-order valence-electron chi connectivity index (χ4n) is 4.40. The summed E-state index contributed by atoms with van der Waals surface area (Å²) in [5.74, 6) is 1.64. The second-order valence-electron chi connectivity index (χ2n) is 8.10. The maximum Gasteiger partial charge on any atom is 0.261 e. The van der Waals surface area contributed by atoms with Crippen LogP contribution >= 0.6 is 0 Å². The largest absolute Gasteiger partial charge is 0.484 e. The molecule has 1 unspecified atom stereocenters. The summed E-state index contributed by atoms with van der Waals surface area (Å²) < 4.78 is 34.7. The molecule has 9 heteroatoms. The first-order chi connectivity index (χ1) is 14.4. The van der Waals surface area contributed by atoms with Crippen molar-refractivity contribution in [3.05, 3.63) is 30.2 Å². The fraction of sp³-hybridized carbons (Fsp3) is 0.571. The molecule has 2 aliphatic rings. The minimum Gasteiger partial charge on any atom is -0.484 e. The van der Waals surface area contributed by atoms with Crippen molar-refractivity contribution in [1.29, 1.82) is 0 Å². The lowest BCUT2D eigenvalue weighted by Crippen LogP contribution is -2.50. The van der Waals surface area contributed by atoms with E-state index in [0.717, 1.165) is 31.2 Å². The van der Waals surface area contributed by atoms with Crippen LogP contribution in [0.2, 0.25) is 0 Å². The van der Waals surface area contributed by atoms with Crippen molar-refractivity contribution in [2.45, 2.75) is 57.5 Å². The summed E-state index contributed by atoms with van der Waals surface area (Å²) in [4.78, 5) is 19.1. The van der Waals surface area contributed by atoms with Crippen LogP contribution in [0, 0.1) is 6.92 Å². The first-order valence-electron chi connectivity index (χ1n) is 10.5. The first-order valence-corrected chi connectivity index (χ1v) is 12.3. The molecule has 1 amide bonds. The third-order valence-corrected chi connectivity index (χ3v) is 7.61. The predicted molar refractivity (Wildman–Crippen MR) is 111 cm³/mol. The van der Waals surface area contributed by atoms with Gasteiger partial charge in [0.2, 0.25) is 11.7 Å². The van der Waals surface area contributed by atoms with E-state index in [-0.39, 0.29) is 36.1 Å². The van der Waals surface area contributed by atoms with E-state index in [1.807, 2.05) is 17.0 Å². The molecule has 1 aliphatic carbocycles. The molecule has 0 spiro atoms. The van der Waals surface area contributed by atoms with Gasteiger partial charge in [-0.25, -0.2) is 8.42 Å². The molecule has 2 fully saturated rings. The predicted octanol–water partition coefficient (Wildman–Crippen LogP) is 2.77. The highest BCUT2D eigenvalue weighted by Gasteiger charge is 2.38. The number of benzene rings is 1. The van der Waals surface area contributed by atoms with Gasteiger partial charge in [-0.3, -0.25) is 4.79 Å². The van der Waals surface area contributed by atoms with Gasteiger partial charge in [-0.15, -0.1) is 0 Å². The molecule has 30 heavy (non-hydrogen) atoms. The summed E-state index contributed by atoms with van der Waals surface area (Å²) in [6.07, 6.45) is 5.70. The van der Waals surface area contributed by atoms with Crippen molar-refractivity contribution in [2.75, 3.05) is 18.1 Å². The maximum atomic E-state index is 13.1. The number of sulfone groups is 1. The summed E-state index contributed by atoms with van der Waals surface area (Å²) in [5.41, 5.74) is 0.797. The molecular formula is C21H27N3O5S. The Labute approximate surface area is 176 Å². The number of nitrogens with zero attached hydrogens (tertiary/aromatic N) is 3. The Morgan fingerprint density at radius 2 is 1.87 bits per heavy atom. The third kappa shape index (κ3) is 4.83. The van der Waals surface area contributed by atoms with Gasteiger partial charge in [0, 0.05) is 24.6 Å². The van der Waals surface area contributed by atoms with Gasteiger partial charge in [-0.2, -0.15) is 4.98 Å². The molecule has 0 bridgehead atoms. The van der Waals surface area contributed by atoms with Gasteiger partial charge < -0.3 is 14.2 Å². The van der Waals surface area contributed by atoms with Gasteiger partial charge in [-0.1, -0.05) is 24.4 Å². The Balaban J connectivity index is 1.42. The van der Waals surface area contributed by atoms with Crippen LogP contribution in [0.3, 0.4) is 0 Å². The van der Waals surface area contributed by atoms with E-state index in [4.69, 9.17) is 9.26 Å². The number of ether oxygens (including phenoxy) is 1. The Morgan fingerprint density at radius 1 is 1.13 bits per heavy atom. The monoisotopic (exact) mass is 433 g/mol. The maximum absolute atomic E-state index is 13.1. The van der Waals surface area contributed by atoms with Gasteiger partial charge in [0.25, 0.3) is 5.91 Å². The van der Waals surface area contributed by atoms with Gasteiger partial charge in [0.05, 0.1) is 11.5 Å². The molecule has 1 aromatic carbocycles. The summed E-state index contributed by atoms with van der Waals surface area (Å²) in [5, 5.41) is 3.88. The lowest BCUT2D eigenvalue weighted by atomic mass is 9.93.